The van der Waals surface area contributed by atoms with E-state index in [0.29, 0.717) is 6.61 Å². The maximum atomic E-state index is 5.60. The zero-order chi connectivity index (χ0) is 17.2. The molecule has 0 aliphatic rings. The second-order valence-electron chi connectivity index (χ2n) is 6.17. The van der Waals surface area contributed by atoms with Crippen LogP contribution in [0.4, 0.5) is 0 Å². The molecular formula is C19H31N3OS. The molecule has 0 bridgehead atoms. The van der Waals surface area contributed by atoms with Gasteiger partial charge in [0.2, 0.25) is 0 Å². The van der Waals surface area contributed by atoms with Gasteiger partial charge in [-0.1, -0.05) is 19.8 Å². The van der Waals surface area contributed by atoms with E-state index in [-0.39, 0.29) is 0 Å². The fraction of sp³-hybridized carbons (Fsp3) is 0.684. The molecule has 0 spiro atoms. The SMILES string of the molecule is CCCCSCCCCCn1c(COCC)nc2cncc(C)c21. The highest BCUT2D eigenvalue weighted by Gasteiger charge is 2.12. The lowest BCUT2D eigenvalue weighted by atomic mass is 10.2. The van der Waals surface area contributed by atoms with Crippen molar-refractivity contribution in [2.45, 2.75) is 66.0 Å². The topological polar surface area (TPSA) is 39.9 Å². The maximum Gasteiger partial charge on any atom is 0.136 e. The van der Waals surface area contributed by atoms with Crippen LogP contribution in [0.15, 0.2) is 12.4 Å². The normalized spacial score (nSPS) is 11.5. The molecule has 0 amide bonds. The zero-order valence-electron chi connectivity index (χ0n) is 15.4. The predicted octanol–water partition coefficient (Wildman–Crippen LogP) is 4.98. The second-order valence-corrected chi connectivity index (χ2v) is 7.39. The molecule has 4 nitrogen and oxygen atoms in total. The molecule has 0 atom stereocenters. The summed E-state index contributed by atoms with van der Waals surface area (Å²) in [4.78, 5) is 9.00. The monoisotopic (exact) mass is 349 g/mol. The number of imidazole rings is 1. The van der Waals surface area contributed by atoms with Crippen LogP contribution in [0.25, 0.3) is 11.0 Å². The van der Waals surface area contributed by atoms with Gasteiger partial charge in [0, 0.05) is 19.3 Å². The largest absolute Gasteiger partial charge is 0.374 e. The Kier molecular flexibility index (Phi) is 8.60. The number of rotatable bonds is 12. The highest BCUT2D eigenvalue weighted by molar-refractivity contribution is 7.99. The number of hydrogen-bond donors (Lipinski definition) is 0. The average molecular weight is 350 g/mol. The summed E-state index contributed by atoms with van der Waals surface area (Å²) in [6.07, 6.45) is 10.2. The lowest BCUT2D eigenvalue weighted by molar-refractivity contribution is 0.126. The summed E-state index contributed by atoms with van der Waals surface area (Å²) in [5, 5.41) is 0. The van der Waals surface area contributed by atoms with Gasteiger partial charge in [-0.2, -0.15) is 11.8 Å². The molecule has 0 aliphatic carbocycles. The van der Waals surface area contributed by atoms with Crippen molar-refractivity contribution in [3.8, 4) is 0 Å². The number of thioether (sulfide) groups is 1. The zero-order valence-corrected chi connectivity index (χ0v) is 16.2. The van der Waals surface area contributed by atoms with Gasteiger partial charge in [0.15, 0.2) is 0 Å². The molecule has 0 radical (unpaired) electrons. The van der Waals surface area contributed by atoms with E-state index in [4.69, 9.17) is 9.72 Å². The Balaban J connectivity index is 1.91. The minimum atomic E-state index is 0.581. The van der Waals surface area contributed by atoms with E-state index in [2.05, 4.69) is 35.2 Å². The van der Waals surface area contributed by atoms with E-state index >= 15 is 0 Å². The van der Waals surface area contributed by atoms with Crippen LogP contribution in [0.3, 0.4) is 0 Å². The van der Waals surface area contributed by atoms with Crippen LogP contribution in [0.5, 0.6) is 0 Å². The first-order valence-electron chi connectivity index (χ1n) is 9.23. The van der Waals surface area contributed by atoms with Crippen LogP contribution in [0, 0.1) is 6.92 Å². The number of fused-ring (bicyclic) bond motifs is 1. The summed E-state index contributed by atoms with van der Waals surface area (Å²) in [5.74, 6) is 3.63. The molecule has 2 aromatic heterocycles. The fourth-order valence-corrected chi connectivity index (χ4v) is 3.95. The molecule has 0 saturated carbocycles. The number of unbranched alkanes of at least 4 members (excludes halogenated alkanes) is 3. The third-order valence-corrected chi connectivity index (χ3v) is 5.31. The number of hydrogen-bond acceptors (Lipinski definition) is 4. The molecule has 0 aliphatic heterocycles. The van der Waals surface area contributed by atoms with Crippen LogP contribution in [-0.4, -0.2) is 32.6 Å². The van der Waals surface area contributed by atoms with Crippen molar-refractivity contribution in [3.63, 3.8) is 0 Å². The third-order valence-electron chi connectivity index (χ3n) is 4.16. The number of aromatic nitrogens is 3. The van der Waals surface area contributed by atoms with Crippen LogP contribution in [0.2, 0.25) is 0 Å². The lowest BCUT2D eigenvalue weighted by Gasteiger charge is -2.10. The van der Waals surface area contributed by atoms with Crippen LogP contribution >= 0.6 is 11.8 Å². The number of pyridine rings is 1. The molecule has 0 aromatic carbocycles. The number of nitrogens with zero attached hydrogens (tertiary/aromatic N) is 3. The highest BCUT2D eigenvalue weighted by Crippen LogP contribution is 2.21. The van der Waals surface area contributed by atoms with Crippen molar-refractivity contribution < 1.29 is 4.74 Å². The van der Waals surface area contributed by atoms with Crippen LogP contribution in [0.1, 0.15) is 57.3 Å². The fourth-order valence-electron chi connectivity index (χ4n) is 2.85. The minimum absolute atomic E-state index is 0.581. The van der Waals surface area contributed by atoms with Crippen molar-refractivity contribution in [1.29, 1.82) is 0 Å². The summed E-state index contributed by atoms with van der Waals surface area (Å²) in [6, 6.07) is 0. The van der Waals surface area contributed by atoms with Gasteiger partial charge in [-0.25, -0.2) is 4.98 Å². The van der Waals surface area contributed by atoms with Crippen molar-refractivity contribution in [2.75, 3.05) is 18.1 Å². The van der Waals surface area contributed by atoms with E-state index in [1.54, 1.807) is 0 Å². The average Bonchev–Trinajstić information content (AvgIpc) is 2.94. The Labute approximate surface area is 150 Å². The quantitative estimate of drug-likeness (QED) is 0.507. The Hall–Kier alpha value is -1.07. The lowest BCUT2D eigenvalue weighted by Crippen LogP contribution is -2.07. The van der Waals surface area contributed by atoms with Crippen molar-refractivity contribution in [1.82, 2.24) is 14.5 Å². The number of aryl methyl sites for hydroxylation is 2. The molecule has 2 heterocycles. The molecular weight excluding hydrogens is 318 g/mol. The first kappa shape index (κ1) is 19.3. The highest BCUT2D eigenvalue weighted by atomic mass is 32.2. The van der Waals surface area contributed by atoms with Crippen LogP contribution < -0.4 is 0 Å². The van der Waals surface area contributed by atoms with E-state index in [1.165, 1.54) is 54.7 Å². The Morgan fingerprint density at radius 1 is 1.08 bits per heavy atom. The van der Waals surface area contributed by atoms with E-state index < -0.39 is 0 Å². The maximum absolute atomic E-state index is 5.60. The van der Waals surface area contributed by atoms with Gasteiger partial charge in [0.25, 0.3) is 0 Å². The molecule has 0 unspecified atom stereocenters. The summed E-state index contributed by atoms with van der Waals surface area (Å²) in [6.45, 7) is 8.71. The summed E-state index contributed by atoms with van der Waals surface area (Å²) in [7, 11) is 0. The Bertz CT molecular complexity index is 612. The molecule has 24 heavy (non-hydrogen) atoms. The van der Waals surface area contributed by atoms with Crippen LogP contribution in [-0.2, 0) is 17.9 Å². The summed E-state index contributed by atoms with van der Waals surface area (Å²) >= 11 is 2.10. The standard InChI is InChI=1S/C19H31N3OS/c1-4-6-11-24-12-9-7-8-10-22-18(15-23-5-2)21-17-14-20-13-16(3)19(17)22/h13-14H,4-12,15H2,1-3H3. The molecule has 0 fully saturated rings. The Morgan fingerprint density at radius 2 is 1.92 bits per heavy atom. The number of ether oxygens (including phenoxy) is 1. The predicted molar refractivity (Wildman–Crippen MR) is 104 cm³/mol. The van der Waals surface area contributed by atoms with Gasteiger partial charge in [-0.05, 0) is 50.2 Å². The van der Waals surface area contributed by atoms with E-state index in [0.717, 1.165) is 24.5 Å². The van der Waals surface area contributed by atoms with Gasteiger partial charge >= 0.3 is 0 Å². The smallest absolute Gasteiger partial charge is 0.136 e. The van der Waals surface area contributed by atoms with Gasteiger partial charge in [0.05, 0.1) is 11.7 Å². The van der Waals surface area contributed by atoms with Gasteiger partial charge in [-0.3, -0.25) is 4.98 Å². The van der Waals surface area contributed by atoms with Crippen molar-refractivity contribution >= 4 is 22.8 Å². The molecule has 0 N–H and O–H groups in total. The first-order valence-corrected chi connectivity index (χ1v) is 10.4. The molecule has 0 saturated heterocycles. The summed E-state index contributed by atoms with van der Waals surface area (Å²) in [5.41, 5.74) is 3.40. The minimum Gasteiger partial charge on any atom is -0.374 e. The van der Waals surface area contributed by atoms with Crippen molar-refractivity contribution in [2.24, 2.45) is 0 Å². The summed E-state index contributed by atoms with van der Waals surface area (Å²) < 4.78 is 7.94. The molecule has 2 aromatic rings. The van der Waals surface area contributed by atoms with Gasteiger partial charge in [-0.15, -0.1) is 0 Å². The van der Waals surface area contributed by atoms with Gasteiger partial charge in [0.1, 0.15) is 17.9 Å². The first-order chi connectivity index (χ1) is 11.8. The van der Waals surface area contributed by atoms with Crippen molar-refractivity contribution in [3.05, 3.63) is 23.8 Å². The molecule has 2 rings (SSSR count). The molecule has 134 valence electrons. The second kappa shape index (κ2) is 10.7. The molecule has 5 heteroatoms. The van der Waals surface area contributed by atoms with E-state index in [1.807, 2.05) is 19.3 Å². The Morgan fingerprint density at radius 3 is 2.71 bits per heavy atom. The van der Waals surface area contributed by atoms with Gasteiger partial charge < -0.3 is 9.30 Å². The van der Waals surface area contributed by atoms with E-state index in [9.17, 15) is 0 Å². The third kappa shape index (κ3) is 5.49.